The Kier molecular flexibility index (Phi) is 5.20. The Labute approximate surface area is 142 Å². The average molecular weight is 345 g/mol. The Bertz CT molecular complexity index is 505. The SMILES string of the molecule is CN(C(=O)CN1C(=O)NC(C)(C2CC2)C1=O)C1CCNCC1.Cl. The van der Waals surface area contributed by atoms with Gasteiger partial charge in [0.2, 0.25) is 5.91 Å². The van der Waals surface area contributed by atoms with Gasteiger partial charge in [0.25, 0.3) is 5.91 Å². The molecule has 2 heterocycles. The number of amides is 4. The molecule has 1 aliphatic carbocycles. The molecule has 1 saturated carbocycles. The highest BCUT2D eigenvalue weighted by atomic mass is 35.5. The molecular formula is C15H25ClN4O3. The molecule has 130 valence electrons. The highest BCUT2D eigenvalue weighted by Crippen LogP contribution is 2.42. The number of urea groups is 1. The van der Waals surface area contributed by atoms with Crippen LogP contribution in [0.4, 0.5) is 4.79 Å². The van der Waals surface area contributed by atoms with E-state index < -0.39 is 11.6 Å². The summed E-state index contributed by atoms with van der Waals surface area (Å²) in [6.45, 7) is 3.40. The van der Waals surface area contributed by atoms with Crippen LogP contribution in [0.25, 0.3) is 0 Å². The van der Waals surface area contributed by atoms with E-state index in [2.05, 4.69) is 10.6 Å². The van der Waals surface area contributed by atoms with E-state index in [4.69, 9.17) is 0 Å². The molecule has 0 spiro atoms. The summed E-state index contributed by atoms with van der Waals surface area (Å²) in [6.07, 6.45) is 3.73. The monoisotopic (exact) mass is 344 g/mol. The second-order valence-electron chi connectivity index (χ2n) is 6.78. The van der Waals surface area contributed by atoms with Crippen LogP contribution in [0.1, 0.15) is 32.6 Å². The Morgan fingerprint density at radius 2 is 1.87 bits per heavy atom. The van der Waals surface area contributed by atoms with Crippen molar-refractivity contribution in [1.82, 2.24) is 20.4 Å². The van der Waals surface area contributed by atoms with Gasteiger partial charge >= 0.3 is 6.03 Å². The number of halogens is 1. The van der Waals surface area contributed by atoms with Crippen molar-refractivity contribution in [3.63, 3.8) is 0 Å². The molecule has 1 atom stereocenters. The second-order valence-corrected chi connectivity index (χ2v) is 6.78. The maximum absolute atomic E-state index is 12.5. The van der Waals surface area contributed by atoms with E-state index in [9.17, 15) is 14.4 Å². The third-order valence-electron chi connectivity index (χ3n) is 5.24. The highest BCUT2D eigenvalue weighted by Gasteiger charge is 2.56. The molecule has 0 aromatic heterocycles. The third kappa shape index (κ3) is 3.30. The lowest BCUT2D eigenvalue weighted by Crippen LogP contribution is -2.49. The first-order valence-electron chi connectivity index (χ1n) is 8.04. The van der Waals surface area contributed by atoms with Crippen LogP contribution in [-0.2, 0) is 9.59 Å². The van der Waals surface area contributed by atoms with Crippen molar-refractivity contribution in [2.75, 3.05) is 26.7 Å². The number of likely N-dealkylation sites (N-methyl/N-ethyl adjacent to an activating group) is 1. The van der Waals surface area contributed by atoms with Crippen molar-refractivity contribution in [1.29, 1.82) is 0 Å². The van der Waals surface area contributed by atoms with E-state index in [0.29, 0.717) is 0 Å². The Morgan fingerprint density at radius 3 is 2.43 bits per heavy atom. The molecule has 23 heavy (non-hydrogen) atoms. The molecule has 4 amide bonds. The van der Waals surface area contributed by atoms with Gasteiger partial charge in [-0.15, -0.1) is 12.4 Å². The zero-order valence-corrected chi connectivity index (χ0v) is 14.4. The van der Waals surface area contributed by atoms with E-state index in [-0.39, 0.29) is 42.7 Å². The van der Waals surface area contributed by atoms with Crippen LogP contribution in [0, 0.1) is 5.92 Å². The number of carbonyl (C=O) groups excluding carboxylic acids is 3. The predicted molar refractivity (Wildman–Crippen MR) is 87.3 cm³/mol. The predicted octanol–water partition coefficient (Wildman–Crippen LogP) is 0.339. The van der Waals surface area contributed by atoms with E-state index in [1.165, 1.54) is 0 Å². The number of rotatable bonds is 4. The fourth-order valence-corrected chi connectivity index (χ4v) is 3.44. The fraction of sp³-hybridized carbons (Fsp3) is 0.800. The lowest BCUT2D eigenvalue weighted by atomic mass is 9.96. The van der Waals surface area contributed by atoms with Gasteiger partial charge in [0, 0.05) is 13.1 Å². The number of nitrogens with one attached hydrogen (secondary N) is 2. The van der Waals surface area contributed by atoms with Gasteiger partial charge in [-0.2, -0.15) is 0 Å². The molecule has 1 unspecified atom stereocenters. The molecule has 2 saturated heterocycles. The van der Waals surface area contributed by atoms with Crippen molar-refractivity contribution in [2.24, 2.45) is 5.92 Å². The molecule has 3 fully saturated rings. The van der Waals surface area contributed by atoms with Crippen LogP contribution < -0.4 is 10.6 Å². The van der Waals surface area contributed by atoms with Crippen LogP contribution in [0.5, 0.6) is 0 Å². The largest absolute Gasteiger partial charge is 0.341 e. The van der Waals surface area contributed by atoms with Crippen LogP contribution in [-0.4, -0.2) is 65.9 Å². The van der Waals surface area contributed by atoms with Gasteiger partial charge in [0.05, 0.1) is 0 Å². The summed E-state index contributed by atoms with van der Waals surface area (Å²) in [4.78, 5) is 39.8. The summed E-state index contributed by atoms with van der Waals surface area (Å²) in [5.41, 5.74) is -0.815. The molecule has 7 nitrogen and oxygen atoms in total. The quantitative estimate of drug-likeness (QED) is 0.721. The molecule has 0 aromatic carbocycles. The summed E-state index contributed by atoms with van der Waals surface area (Å²) in [5.74, 6) is -0.214. The minimum atomic E-state index is -0.815. The molecule has 0 bridgehead atoms. The molecular weight excluding hydrogens is 320 g/mol. The summed E-state index contributed by atoms with van der Waals surface area (Å²) in [5, 5.41) is 6.03. The molecule has 2 N–H and O–H groups in total. The second kappa shape index (κ2) is 6.65. The molecule has 2 aliphatic heterocycles. The number of imide groups is 1. The summed E-state index contributed by atoms with van der Waals surface area (Å²) in [7, 11) is 1.76. The van der Waals surface area contributed by atoms with E-state index in [1.807, 2.05) is 0 Å². The number of hydrogen-bond acceptors (Lipinski definition) is 4. The van der Waals surface area contributed by atoms with Crippen molar-refractivity contribution >= 4 is 30.3 Å². The van der Waals surface area contributed by atoms with Crippen molar-refractivity contribution in [3.8, 4) is 0 Å². The zero-order valence-electron chi connectivity index (χ0n) is 13.6. The van der Waals surface area contributed by atoms with Crippen molar-refractivity contribution in [2.45, 2.75) is 44.2 Å². The van der Waals surface area contributed by atoms with E-state index >= 15 is 0 Å². The van der Waals surface area contributed by atoms with Gasteiger partial charge in [-0.1, -0.05) is 0 Å². The van der Waals surface area contributed by atoms with Gasteiger partial charge in [-0.05, 0) is 51.6 Å². The first kappa shape index (κ1) is 18.0. The molecule has 3 aliphatic rings. The normalized spacial score (nSPS) is 28.3. The third-order valence-corrected chi connectivity index (χ3v) is 5.24. The van der Waals surface area contributed by atoms with E-state index in [0.717, 1.165) is 43.7 Å². The summed E-state index contributed by atoms with van der Waals surface area (Å²) < 4.78 is 0. The Hall–Kier alpha value is -1.34. The van der Waals surface area contributed by atoms with Crippen molar-refractivity contribution in [3.05, 3.63) is 0 Å². The van der Waals surface area contributed by atoms with Gasteiger partial charge < -0.3 is 15.5 Å². The average Bonchev–Trinajstić information content (AvgIpc) is 3.33. The first-order valence-corrected chi connectivity index (χ1v) is 8.04. The van der Waals surface area contributed by atoms with Crippen LogP contribution in [0.2, 0.25) is 0 Å². The van der Waals surface area contributed by atoms with Crippen LogP contribution in [0.3, 0.4) is 0 Å². The topological polar surface area (TPSA) is 81.8 Å². The van der Waals surface area contributed by atoms with Gasteiger partial charge in [-0.25, -0.2) is 4.79 Å². The van der Waals surface area contributed by atoms with Crippen molar-refractivity contribution < 1.29 is 14.4 Å². The number of piperidine rings is 1. The minimum absolute atomic E-state index is 0. The fourth-order valence-electron chi connectivity index (χ4n) is 3.44. The number of nitrogens with zero attached hydrogens (tertiary/aromatic N) is 2. The summed E-state index contributed by atoms with van der Waals surface area (Å²) >= 11 is 0. The number of carbonyl (C=O) groups is 3. The van der Waals surface area contributed by atoms with Gasteiger partial charge in [-0.3, -0.25) is 14.5 Å². The molecule has 0 aromatic rings. The maximum Gasteiger partial charge on any atom is 0.325 e. The van der Waals surface area contributed by atoms with Gasteiger partial charge in [0.15, 0.2) is 0 Å². The van der Waals surface area contributed by atoms with Crippen LogP contribution >= 0.6 is 12.4 Å². The first-order chi connectivity index (χ1) is 10.4. The summed E-state index contributed by atoms with van der Waals surface area (Å²) in [6, 6.07) is -0.254. The molecule has 8 heteroatoms. The molecule has 0 radical (unpaired) electrons. The lowest BCUT2D eigenvalue weighted by Gasteiger charge is -2.32. The number of hydrogen-bond donors (Lipinski definition) is 2. The Balaban J connectivity index is 0.00000192. The van der Waals surface area contributed by atoms with Gasteiger partial charge in [0.1, 0.15) is 12.1 Å². The standard InChI is InChI=1S/C15H24N4O3.ClH/c1-15(10-3-4-10)13(21)19(14(22)17-15)9-12(20)18(2)11-5-7-16-8-6-11;/h10-11,16H,3-9H2,1-2H3,(H,17,22);1H. The van der Waals surface area contributed by atoms with E-state index in [1.54, 1.807) is 18.9 Å². The van der Waals surface area contributed by atoms with Crippen LogP contribution in [0.15, 0.2) is 0 Å². The Morgan fingerprint density at radius 1 is 1.26 bits per heavy atom. The lowest BCUT2D eigenvalue weighted by molar-refractivity contribution is -0.139. The maximum atomic E-state index is 12.5. The smallest absolute Gasteiger partial charge is 0.325 e. The minimum Gasteiger partial charge on any atom is -0.341 e. The zero-order chi connectivity index (χ0) is 15.9. The highest BCUT2D eigenvalue weighted by molar-refractivity contribution is 6.09. The molecule has 3 rings (SSSR count).